The van der Waals surface area contributed by atoms with Crippen molar-refractivity contribution in [1.82, 2.24) is 0 Å². The van der Waals surface area contributed by atoms with Gasteiger partial charge >= 0.3 is 0 Å². The molecule has 0 bridgehead atoms. The molecule has 0 saturated carbocycles. The highest BCUT2D eigenvalue weighted by Crippen LogP contribution is 2.22. The Morgan fingerprint density at radius 3 is 2.36 bits per heavy atom. The molecule has 0 aliphatic carbocycles. The topological polar surface area (TPSA) is 0 Å². The predicted octanol–water partition coefficient (Wildman–Crippen LogP) is 4.41. The van der Waals surface area contributed by atoms with Gasteiger partial charge in [-0.25, -0.2) is 0 Å². The summed E-state index contributed by atoms with van der Waals surface area (Å²) < 4.78 is 1.24. The van der Waals surface area contributed by atoms with Gasteiger partial charge in [-0.05, 0) is 51.9 Å². The maximum atomic E-state index is 5.87. The molecule has 0 nitrogen and oxygen atoms in total. The monoisotopic (exact) mass is 313 g/mol. The van der Waals surface area contributed by atoms with E-state index in [1.807, 2.05) is 18.2 Å². The van der Waals surface area contributed by atoms with Crippen molar-refractivity contribution in [2.45, 2.75) is 0 Å². The molecular formula is C12H7ClI. The van der Waals surface area contributed by atoms with E-state index in [1.165, 1.54) is 9.13 Å². The van der Waals surface area contributed by atoms with Crippen LogP contribution in [-0.2, 0) is 0 Å². The molecule has 0 aliphatic heterocycles. The standard InChI is InChI=1S/C12H7ClI/c13-11-3-1-2-10(8-11)9-4-6-12(14)7-5-9/h1-2,4-8H. The van der Waals surface area contributed by atoms with Gasteiger partial charge in [-0.15, -0.1) is 0 Å². The zero-order chi connectivity index (χ0) is 9.97. The van der Waals surface area contributed by atoms with Gasteiger partial charge in [0.1, 0.15) is 0 Å². The fourth-order valence-electron chi connectivity index (χ4n) is 1.26. The Morgan fingerprint density at radius 1 is 1.00 bits per heavy atom. The highest BCUT2D eigenvalue weighted by atomic mass is 127. The van der Waals surface area contributed by atoms with Crippen LogP contribution in [0.3, 0.4) is 0 Å². The van der Waals surface area contributed by atoms with Crippen LogP contribution in [0.1, 0.15) is 0 Å². The van der Waals surface area contributed by atoms with Crippen LogP contribution in [0.4, 0.5) is 0 Å². The predicted molar refractivity (Wildman–Crippen MR) is 68.4 cm³/mol. The highest BCUT2D eigenvalue weighted by molar-refractivity contribution is 14.1. The van der Waals surface area contributed by atoms with E-state index < -0.39 is 0 Å². The molecular weight excluding hydrogens is 306 g/mol. The van der Waals surface area contributed by atoms with Crippen LogP contribution in [0.25, 0.3) is 11.1 Å². The lowest BCUT2D eigenvalue weighted by Gasteiger charge is -2.01. The van der Waals surface area contributed by atoms with Gasteiger partial charge in [0, 0.05) is 14.7 Å². The van der Waals surface area contributed by atoms with Gasteiger partial charge in [-0.2, -0.15) is 0 Å². The van der Waals surface area contributed by atoms with E-state index in [0.717, 1.165) is 5.56 Å². The molecule has 0 amide bonds. The molecule has 0 aromatic heterocycles. The third kappa shape index (κ3) is 2.28. The lowest BCUT2D eigenvalue weighted by atomic mass is 10.1. The highest BCUT2D eigenvalue weighted by Gasteiger charge is 1.97. The lowest BCUT2D eigenvalue weighted by molar-refractivity contribution is 1.59. The third-order valence-corrected chi connectivity index (χ3v) is 2.88. The number of hydrogen-bond acceptors (Lipinski definition) is 0. The minimum atomic E-state index is 0.654. The summed E-state index contributed by atoms with van der Waals surface area (Å²) in [7, 11) is 0. The van der Waals surface area contributed by atoms with E-state index in [1.54, 1.807) is 0 Å². The van der Waals surface area contributed by atoms with Crippen molar-refractivity contribution in [3.63, 3.8) is 0 Å². The second-order valence-electron chi connectivity index (χ2n) is 2.93. The van der Waals surface area contributed by atoms with Crippen molar-refractivity contribution in [2.24, 2.45) is 0 Å². The molecule has 0 heterocycles. The van der Waals surface area contributed by atoms with E-state index in [0.29, 0.717) is 5.02 Å². The molecule has 2 aromatic carbocycles. The number of rotatable bonds is 1. The minimum Gasteiger partial charge on any atom is -0.0836 e. The fourth-order valence-corrected chi connectivity index (χ4v) is 1.80. The van der Waals surface area contributed by atoms with Crippen molar-refractivity contribution in [3.05, 3.63) is 57.1 Å². The molecule has 0 spiro atoms. The van der Waals surface area contributed by atoms with E-state index >= 15 is 0 Å². The molecule has 69 valence electrons. The van der Waals surface area contributed by atoms with E-state index in [-0.39, 0.29) is 0 Å². The molecule has 2 rings (SSSR count). The quantitative estimate of drug-likeness (QED) is 0.684. The van der Waals surface area contributed by atoms with E-state index in [9.17, 15) is 0 Å². The molecule has 2 aromatic rings. The van der Waals surface area contributed by atoms with Crippen LogP contribution >= 0.6 is 34.2 Å². The Kier molecular flexibility index (Phi) is 3.08. The Hall–Kier alpha value is -0.540. The SMILES string of the molecule is Clc1[c]ccc(-c2ccc(I)cc2)c1. The molecule has 0 N–H and O–H groups in total. The molecule has 1 radical (unpaired) electrons. The molecule has 0 unspecified atom stereocenters. The van der Waals surface area contributed by atoms with Gasteiger partial charge in [0.05, 0.1) is 0 Å². The van der Waals surface area contributed by atoms with Gasteiger partial charge in [-0.3, -0.25) is 0 Å². The average Bonchev–Trinajstić information content (AvgIpc) is 2.19. The zero-order valence-electron chi connectivity index (χ0n) is 7.30. The van der Waals surface area contributed by atoms with E-state index in [2.05, 4.69) is 52.9 Å². The van der Waals surface area contributed by atoms with Crippen LogP contribution < -0.4 is 0 Å². The Morgan fingerprint density at radius 2 is 1.71 bits per heavy atom. The summed E-state index contributed by atoms with van der Waals surface area (Å²) >= 11 is 8.16. The maximum absolute atomic E-state index is 5.87. The largest absolute Gasteiger partial charge is 0.0836 e. The summed E-state index contributed by atoms with van der Waals surface area (Å²) in [4.78, 5) is 0. The molecule has 0 fully saturated rings. The first kappa shape index (κ1) is 9.99. The summed E-state index contributed by atoms with van der Waals surface area (Å²) in [5, 5.41) is 0.654. The smallest absolute Gasteiger partial charge is 0.0491 e. The molecule has 14 heavy (non-hydrogen) atoms. The van der Waals surface area contributed by atoms with Crippen molar-refractivity contribution in [3.8, 4) is 11.1 Å². The van der Waals surface area contributed by atoms with Crippen LogP contribution in [-0.4, -0.2) is 0 Å². The zero-order valence-corrected chi connectivity index (χ0v) is 10.2. The average molecular weight is 314 g/mol. The van der Waals surface area contributed by atoms with Crippen molar-refractivity contribution < 1.29 is 0 Å². The first-order valence-corrected chi connectivity index (χ1v) is 5.64. The van der Waals surface area contributed by atoms with Crippen LogP contribution in [0, 0.1) is 9.64 Å². The van der Waals surface area contributed by atoms with Gasteiger partial charge < -0.3 is 0 Å². The second-order valence-corrected chi connectivity index (χ2v) is 4.59. The van der Waals surface area contributed by atoms with Gasteiger partial charge in [-0.1, -0.05) is 35.9 Å². The van der Waals surface area contributed by atoms with Crippen LogP contribution in [0.2, 0.25) is 5.02 Å². The fraction of sp³-hybridized carbons (Fsp3) is 0. The molecule has 0 atom stereocenters. The van der Waals surface area contributed by atoms with Crippen molar-refractivity contribution >= 4 is 34.2 Å². The first-order valence-electron chi connectivity index (χ1n) is 4.19. The summed E-state index contributed by atoms with van der Waals surface area (Å²) in [6.45, 7) is 0. The molecule has 0 aliphatic rings. The van der Waals surface area contributed by atoms with Gasteiger partial charge in [0.25, 0.3) is 0 Å². The summed E-state index contributed by atoms with van der Waals surface area (Å²) in [6, 6.07) is 17.0. The Bertz CT molecular complexity index is 434. The third-order valence-electron chi connectivity index (χ3n) is 1.94. The van der Waals surface area contributed by atoms with Gasteiger partial charge in [0.2, 0.25) is 0 Å². The Labute approximate surface area is 102 Å². The first-order chi connectivity index (χ1) is 6.75. The van der Waals surface area contributed by atoms with Crippen LogP contribution in [0.5, 0.6) is 0 Å². The Balaban J connectivity index is 2.44. The van der Waals surface area contributed by atoms with Crippen molar-refractivity contribution in [1.29, 1.82) is 0 Å². The number of hydrogen-bond donors (Lipinski definition) is 0. The maximum Gasteiger partial charge on any atom is 0.0491 e. The lowest BCUT2D eigenvalue weighted by Crippen LogP contribution is -1.77. The molecule has 2 heteroatoms. The number of halogens is 2. The number of benzene rings is 2. The summed E-state index contributed by atoms with van der Waals surface area (Å²) in [5.74, 6) is 0. The van der Waals surface area contributed by atoms with E-state index in [4.69, 9.17) is 11.6 Å². The van der Waals surface area contributed by atoms with Gasteiger partial charge in [0.15, 0.2) is 0 Å². The minimum absolute atomic E-state index is 0.654. The van der Waals surface area contributed by atoms with Crippen LogP contribution in [0.15, 0.2) is 42.5 Å². The second kappa shape index (κ2) is 4.32. The summed E-state index contributed by atoms with van der Waals surface area (Å²) in [6.07, 6.45) is 0. The molecule has 0 saturated heterocycles. The normalized spacial score (nSPS) is 10.1. The van der Waals surface area contributed by atoms with Crippen molar-refractivity contribution in [2.75, 3.05) is 0 Å². The summed E-state index contributed by atoms with van der Waals surface area (Å²) in [5.41, 5.74) is 2.31.